The molecular formula is C25H31IO4. The largest absolute Gasteiger partial charge is 0.466 e. The number of fused-ring (bicyclic) bond motifs is 1. The minimum Gasteiger partial charge on any atom is -0.466 e. The predicted octanol–water partition coefficient (Wildman–Crippen LogP) is 6.88. The second-order valence-electron chi connectivity index (χ2n) is 8.17. The summed E-state index contributed by atoms with van der Waals surface area (Å²) in [5.41, 5.74) is 4.12. The van der Waals surface area contributed by atoms with Gasteiger partial charge in [0.15, 0.2) is 0 Å². The van der Waals surface area contributed by atoms with Crippen LogP contribution in [-0.2, 0) is 27.3 Å². The molecule has 5 heteroatoms. The van der Waals surface area contributed by atoms with Crippen LogP contribution in [0.3, 0.4) is 0 Å². The Hall–Kier alpha value is -1.60. The van der Waals surface area contributed by atoms with E-state index < -0.39 is 0 Å². The van der Waals surface area contributed by atoms with Crippen LogP contribution in [0.1, 0.15) is 64.7 Å². The third-order valence-corrected chi connectivity index (χ3v) is 6.09. The molecule has 0 spiro atoms. The molecule has 0 amide bonds. The summed E-state index contributed by atoms with van der Waals surface area (Å²) in [6, 6.07) is 6.45. The molecule has 30 heavy (non-hydrogen) atoms. The lowest BCUT2D eigenvalue weighted by atomic mass is 9.86. The molecular weight excluding hydrogens is 491 g/mol. The van der Waals surface area contributed by atoms with Crippen molar-refractivity contribution in [3.63, 3.8) is 0 Å². The number of carbonyl (C=O) groups is 1. The average molecular weight is 522 g/mol. The topological polar surface area (TPSA) is 48.7 Å². The Bertz CT molecular complexity index is 969. The van der Waals surface area contributed by atoms with Crippen LogP contribution in [0, 0.1) is 3.57 Å². The first-order valence-electron chi connectivity index (χ1n) is 10.7. The number of aryl methyl sites for hydroxylation is 1. The SMILES string of the molecule is CCCc1cc2cc(I)cc(COC3(C)C=CC(CCC(=O)OCC)=C(C)C3)c2o1. The summed E-state index contributed by atoms with van der Waals surface area (Å²) in [6.45, 7) is 9.16. The monoisotopic (exact) mass is 522 g/mol. The molecule has 1 aromatic carbocycles. The second kappa shape index (κ2) is 10.1. The first kappa shape index (κ1) is 23.1. The van der Waals surface area contributed by atoms with E-state index in [2.05, 4.69) is 73.7 Å². The standard InChI is InChI=1S/C25H31IO4/c1-5-7-22-14-19-12-21(26)13-20(24(19)30-22)16-29-25(4)11-10-18(17(3)15-25)8-9-23(27)28-6-2/h10-14H,5-9,15-16H2,1-4H3. The van der Waals surface area contributed by atoms with Crippen molar-refractivity contribution in [1.82, 2.24) is 0 Å². The van der Waals surface area contributed by atoms with Crippen LogP contribution >= 0.6 is 22.6 Å². The van der Waals surface area contributed by atoms with E-state index in [4.69, 9.17) is 13.9 Å². The van der Waals surface area contributed by atoms with E-state index in [1.54, 1.807) is 0 Å². The number of halogens is 1. The molecule has 1 atom stereocenters. The minimum absolute atomic E-state index is 0.139. The predicted molar refractivity (Wildman–Crippen MR) is 128 cm³/mol. The Morgan fingerprint density at radius 2 is 2.03 bits per heavy atom. The van der Waals surface area contributed by atoms with Crippen molar-refractivity contribution in [2.45, 2.75) is 72.0 Å². The lowest BCUT2D eigenvalue weighted by molar-refractivity contribution is -0.143. The van der Waals surface area contributed by atoms with Gasteiger partial charge < -0.3 is 13.9 Å². The lowest BCUT2D eigenvalue weighted by Crippen LogP contribution is -2.28. The number of hydrogen-bond acceptors (Lipinski definition) is 4. The number of benzene rings is 1. The molecule has 0 saturated carbocycles. The molecule has 0 radical (unpaired) electrons. The summed E-state index contributed by atoms with van der Waals surface area (Å²) in [4.78, 5) is 11.7. The van der Waals surface area contributed by atoms with Crippen LogP contribution in [0.4, 0.5) is 0 Å². The fourth-order valence-electron chi connectivity index (χ4n) is 3.94. The number of allylic oxidation sites excluding steroid dienone is 2. The highest BCUT2D eigenvalue weighted by atomic mass is 127. The van der Waals surface area contributed by atoms with Crippen LogP contribution < -0.4 is 0 Å². The zero-order valence-corrected chi connectivity index (χ0v) is 20.5. The normalized spacial score (nSPS) is 19.0. The van der Waals surface area contributed by atoms with Gasteiger partial charge >= 0.3 is 5.97 Å². The van der Waals surface area contributed by atoms with E-state index in [9.17, 15) is 4.79 Å². The fraction of sp³-hybridized carbons (Fsp3) is 0.480. The smallest absolute Gasteiger partial charge is 0.306 e. The molecule has 3 rings (SSSR count). The summed E-state index contributed by atoms with van der Waals surface area (Å²) >= 11 is 2.35. The van der Waals surface area contributed by atoms with Crippen LogP contribution in [0.5, 0.6) is 0 Å². The second-order valence-corrected chi connectivity index (χ2v) is 9.41. The summed E-state index contributed by atoms with van der Waals surface area (Å²) in [6.07, 6.45) is 8.18. The van der Waals surface area contributed by atoms with E-state index >= 15 is 0 Å². The molecule has 0 bridgehead atoms. The number of ether oxygens (including phenoxy) is 2. The lowest BCUT2D eigenvalue weighted by Gasteiger charge is -2.31. The van der Waals surface area contributed by atoms with Gasteiger partial charge in [-0.1, -0.05) is 24.6 Å². The molecule has 4 nitrogen and oxygen atoms in total. The van der Waals surface area contributed by atoms with Crippen molar-refractivity contribution in [3.8, 4) is 0 Å². The van der Waals surface area contributed by atoms with E-state index in [1.165, 1.54) is 14.7 Å². The number of hydrogen-bond donors (Lipinski definition) is 0. The van der Waals surface area contributed by atoms with Crippen molar-refractivity contribution in [2.75, 3.05) is 6.61 Å². The maximum atomic E-state index is 11.7. The number of rotatable bonds is 9. The molecule has 0 aliphatic heterocycles. The highest BCUT2D eigenvalue weighted by molar-refractivity contribution is 14.1. The molecule has 1 aromatic heterocycles. The van der Waals surface area contributed by atoms with E-state index in [0.29, 0.717) is 26.1 Å². The van der Waals surface area contributed by atoms with Gasteiger partial charge in [-0.05, 0) is 80.0 Å². The third kappa shape index (κ3) is 5.76. The van der Waals surface area contributed by atoms with Gasteiger partial charge in [-0.25, -0.2) is 0 Å². The summed E-state index contributed by atoms with van der Waals surface area (Å²) in [5, 5.41) is 1.14. The summed E-state index contributed by atoms with van der Waals surface area (Å²) in [5.74, 6) is 0.893. The average Bonchev–Trinajstić information content (AvgIpc) is 3.08. The first-order valence-corrected chi connectivity index (χ1v) is 11.8. The molecule has 0 N–H and O–H groups in total. The molecule has 162 valence electrons. The van der Waals surface area contributed by atoms with Gasteiger partial charge in [-0.3, -0.25) is 4.79 Å². The van der Waals surface area contributed by atoms with Gasteiger partial charge in [-0.15, -0.1) is 0 Å². The van der Waals surface area contributed by atoms with Crippen LogP contribution in [0.25, 0.3) is 11.0 Å². The zero-order chi connectivity index (χ0) is 21.7. The van der Waals surface area contributed by atoms with Gasteiger partial charge in [0.2, 0.25) is 0 Å². The highest BCUT2D eigenvalue weighted by Gasteiger charge is 2.27. The summed E-state index contributed by atoms with van der Waals surface area (Å²) < 4.78 is 18.7. The van der Waals surface area contributed by atoms with Crippen LogP contribution in [-0.4, -0.2) is 18.2 Å². The molecule has 1 unspecified atom stereocenters. The maximum absolute atomic E-state index is 11.7. The fourth-order valence-corrected chi connectivity index (χ4v) is 4.65. The zero-order valence-electron chi connectivity index (χ0n) is 18.3. The van der Waals surface area contributed by atoms with Crippen molar-refractivity contribution in [3.05, 3.63) is 56.4 Å². The van der Waals surface area contributed by atoms with Gasteiger partial charge in [0.1, 0.15) is 11.3 Å². The molecule has 1 aliphatic carbocycles. The van der Waals surface area contributed by atoms with E-state index in [-0.39, 0.29) is 11.6 Å². The Labute approximate surface area is 192 Å². The Morgan fingerprint density at radius 1 is 1.23 bits per heavy atom. The third-order valence-electron chi connectivity index (χ3n) is 5.47. The quantitative estimate of drug-likeness (QED) is 0.266. The van der Waals surface area contributed by atoms with Crippen LogP contribution in [0.15, 0.2) is 45.9 Å². The van der Waals surface area contributed by atoms with E-state index in [1.807, 2.05) is 6.92 Å². The van der Waals surface area contributed by atoms with Crippen molar-refractivity contribution < 1.29 is 18.7 Å². The van der Waals surface area contributed by atoms with E-state index in [0.717, 1.165) is 41.6 Å². The minimum atomic E-state index is -0.371. The van der Waals surface area contributed by atoms with Gasteiger partial charge in [-0.2, -0.15) is 0 Å². The maximum Gasteiger partial charge on any atom is 0.306 e. The first-order chi connectivity index (χ1) is 14.3. The van der Waals surface area contributed by atoms with Crippen molar-refractivity contribution in [1.29, 1.82) is 0 Å². The van der Waals surface area contributed by atoms with Gasteiger partial charge in [0.05, 0.1) is 18.8 Å². The number of carbonyl (C=O) groups excluding carboxylic acids is 1. The molecule has 0 saturated heterocycles. The molecule has 2 aromatic rings. The number of furan rings is 1. The van der Waals surface area contributed by atoms with Gasteiger partial charge in [0, 0.05) is 33.8 Å². The molecule has 1 heterocycles. The Balaban J connectivity index is 1.68. The van der Waals surface area contributed by atoms with Crippen LogP contribution in [0.2, 0.25) is 0 Å². The molecule has 1 aliphatic rings. The Kier molecular flexibility index (Phi) is 7.80. The summed E-state index contributed by atoms with van der Waals surface area (Å²) in [7, 11) is 0. The molecule has 0 fully saturated rings. The van der Waals surface area contributed by atoms with Gasteiger partial charge in [0.25, 0.3) is 0 Å². The highest BCUT2D eigenvalue weighted by Crippen LogP contribution is 2.34. The Morgan fingerprint density at radius 3 is 2.73 bits per heavy atom. The van der Waals surface area contributed by atoms with Crippen molar-refractivity contribution in [2.24, 2.45) is 0 Å². The van der Waals surface area contributed by atoms with Crippen molar-refractivity contribution >= 4 is 39.5 Å². The number of esters is 1.